The van der Waals surface area contributed by atoms with Crippen molar-refractivity contribution >= 4 is 43.6 Å². The Morgan fingerprint density at radius 1 is 1.20 bits per heavy atom. The van der Waals surface area contributed by atoms with Crippen LogP contribution in [0.4, 0.5) is 0 Å². The van der Waals surface area contributed by atoms with Gasteiger partial charge in [-0.05, 0) is 56.9 Å². The van der Waals surface area contributed by atoms with Crippen molar-refractivity contribution in [2.75, 3.05) is 6.35 Å². The van der Waals surface area contributed by atoms with Crippen LogP contribution in [0.15, 0.2) is 33.6 Å². The van der Waals surface area contributed by atoms with Crippen molar-refractivity contribution in [1.29, 1.82) is 0 Å². The zero-order valence-electron chi connectivity index (χ0n) is 18.1. The van der Waals surface area contributed by atoms with E-state index in [9.17, 15) is 13.3 Å². The second-order valence-electron chi connectivity index (χ2n) is 9.26. The van der Waals surface area contributed by atoms with Crippen LogP contribution in [-0.4, -0.2) is 42.6 Å². The van der Waals surface area contributed by atoms with Gasteiger partial charge in [0.25, 0.3) is 0 Å². The summed E-state index contributed by atoms with van der Waals surface area (Å²) in [6.07, 6.45) is -1.15. The van der Waals surface area contributed by atoms with Crippen LogP contribution in [0.2, 0.25) is 0 Å². The summed E-state index contributed by atoms with van der Waals surface area (Å²) in [6.45, 7) is 11.4. The van der Waals surface area contributed by atoms with E-state index in [0.29, 0.717) is 6.42 Å². The number of hydrogen-bond acceptors (Lipinski definition) is 7. The van der Waals surface area contributed by atoms with Crippen LogP contribution in [0.25, 0.3) is 0 Å². The molecule has 0 saturated carbocycles. The van der Waals surface area contributed by atoms with E-state index in [1.165, 1.54) is 12.1 Å². The number of sulfone groups is 1. The lowest BCUT2D eigenvalue weighted by Crippen LogP contribution is -2.70. The number of benzene rings is 1. The lowest BCUT2D eigenvalue weighted by Gasteiger charge is -2.53. The smallest absolute Gasteiger partial charge is 0.330 e. The molecule has 0 amide bonds. The van der Waals surface area contributed by atoms with Gasteiger partial charge in [0, 0.05) is 4.47 Å². The van der Waals surface area contributed by atoms with Crippen LogP contribution in [0.5, 0.6) is 0 Å². The molecule has 5 atom stereocenters. The largest absolute Gasteiger partial charge is 0.331 e. The molecule has 1 saturated heterocycles. The van der Waals surface area contributed by atoms with Crippen molar-refractivity contribution < 1.29 is 31.8 Å². The topological polar surface area (TPSA) is 91.3 Å². The van der Waals surface area contributed by atoms with Gasteiger partial charge in [0.05, 0.1) is 22.9 Å². The lowest BCUT2D eigenvalue weighted by molar-refractivity contribution is -0.344. The molecule has 0 spiro atoms. The number of hydrogen-bond donors (Lipinski definition) is 1. The standard InChI is InChI=1S/C19H31BrO7P2S/c1-17(2,3)11-15-16(26-29(21)27-18(4,5)6)19(25-15,24-12-28)30(22,23)14-9-7-13(20)8-10-14/h7-10,15-16,21H,11-12,28H2,1-6H3. The highest BCUT2D eigenvalue weighted by Crippen LogP contribution is 2.53. The third-order valence-electron chi connectivity index (χ3n) is 4.15. The van der Waals surface area contributed by atoms with Gasteiger partial charge in [0.2, 0.25) is 9.84 Å². The van der Waals surface area contributed by atoms with Crippen molar-refractivity contribution in [1.82, 2.24) is 0 Å². The van der Waals surface area contributed by atoms with E-state index >= 15 is 0 Å². The van der Waals surface area contributed by atoms with Gasteiger partial charge in [-0.1, -0.05) is 36.7 Å². The van der Waals surface area contributed by atoms with Crippen LogP contribution in [-0.2, 0) is 28.4 Å². The molecule has 172 valence electrons. The van der Waals surface area contributed by atoms with E-state index < -0.39 is 41.4 Å². The highest BCUT2D eigenvalue weighted by Gasteiger charge is 2.68. The SMILES string of the molecule is CC(C)(C)CC1OC(OCP)(S(=O)(=O)c2ccc(Br)cc2)C1OP(O)OC(C)(C)C. The second-order valence-corrected chi connectivity index (χ2v) is 13.4. The average molecular weight is 545 g/mol. The predicted molar refractivity (Wildman–Crippen MR) is 124 cm³/mol. The fourth-order valence-electron chi connectivity index (χ4n) is 3.04. The van der Waals surface area contributed by atoms with E-state index in [2.05, 4.69) is 25.2 Å². The summed E-state index contributed by atoms with van der Waals surface area (Å²) in [5.41, 5.74) is -0.830. The Morgan fingerprint density at radius 3 is 2.23 bits per heavy atom. The van der Waals surface area contributed by atoms with Gasteiger partial charge in [0.1, 0.15) is 0 Å². The highest BCUT2D eigenvalue weighted by molar-refractivity contribution is 9.10. The van der Waals surface area contributed by atoms with Crippen LogP contribution >= 0.6 is 33.8 Å². The minimum absolute atomic E-state index is 0.00133. The van der Waals surface area contributed by atoms with Crippen LogP contribution < -0.4 is 0 Å². The minimum Gasteiger partial charge on any atom is -0.331 e. The maximum absolute atomic E-state index is 13.6. The van der Waals surface area contributed by atoms with Gasteiger partial charge in [-0.2, -0.15) is 0 Å². The molecule has 1 aromatic carbocycles. The first-order valence-corrected chi connectivity index (χ1v) is 13.7. The molecule has 1 aromatic rings. The van der Waals surface area contributed by atoms with Crippen molar-refractivity contribution in [2.24, 2.45) is 5.41 Å². The van der Waals surface area contributed by atoms with Gasteiger partial charge < -0.3 is 18.9 Å². The Balaban J connectivity index is 2.44. The monoisotopic (exact) mass is 544 g/mol. The molecule has 0 aromatic heterocycles. The zero-order valence-corrected chi connectivity index (χ0v) is 22.5. The number of ether oxygens (including phenoxy) is 2. The summed E-state index contributed by atoms with van der Waals surface area (Å²) in [7, 11) is -4.16. The molecule has 11 heteroatoms. The van der Waals surface area contributed by atoms with Crippen molar-refractivity contribution in [3.63, 3.8) is 0 Å². The Kier molecular flexibility index (Phi) is 8.55. The lowest BCUT2D eigenvalue weighted by atomic mass is 9.85. The quantitative estimate of drug-likeness (QED) is 0.461. The summed E-state index contributed by atoms with van der Waals surface area (Å²) >= 11 is 3.31. The molecule has 1 aliphatic rings. The summed E-state index contributed by atoms with van der Waals surface area (Å²) in [4.78, 5) is 10.4. The molecule has 5 unspecified atom stereocenters. The Hall–Kier alpha value is 0.310. The van der Waals surface area contributed by atoms with E-state index in [0.717, 1.165) is 4.47 Å². The highest BCUT2D eigenvalue weighted by atomic mass is 79.9. The molecule has 1 aliphatic heterocycles. The third-order valence-corrected chi connectivity index (χ3v) is 8.05. The fraction of sp³-hybridized carbons (Fsp3) is 0.684. The number of rotatable bonds is 8. The molecule has 2 rings (SSSR count). The average Bonchev–Trinajstić information content (AvgIpc) is 2.56. The Morgan fingerprint density at radius 2 is 1.77 bits per heavy atom. The van der Waals surface area contributed by atoms with Gasteiger partial charge in [-0.25, -0.2) is 8.42 Å². The fourth-order valence-corrected chi connectivity index (χ4v) is 6.52. The Bertz CT molecular complexity index is 821. The zero-order chi connectivity index (χ0) is 23.0. The summed E-state index contributed by atoms with van der Waals surface area (Å²) in [5.74, 6) is 0. The van der Waals surface area contributed by atoms with Crippen molar-refractivity contribution in [3.8, 4) is 0 Å². The molecule has 30 heavy (non-hydrogen) atoms. The normalized spacial score (nSPS) is 26.3. The van der Waals surface area contributed by atoms with Gasteiger partial charge in [0.15, 0.2) is 6.10 Å². The Labute approximate surface area is 191 Å². The molecular weight excluding hydrogens is 514 g/mol. The first-order valence-electron chi connectivity index (χ1n) is 9.48. The maximum Gasteiger partial charge on any atom is 0.330 e. The molecule has 0 bridgehead atoms. The minimum atomic E-state index is -4.13. The van der Waals surface area contributed by atoms with E-state index in [1.54, 1.807) is 32.9 Å². The second kappa shape index (κ2) is 9.66. The molecular formula is C19H31BrO7P2S. The molecule has 1 fully saturated rings. The van der Waals surface area contributed by atoms with Gasteiger partial charge in [-0.3, -0.25) is 4.52 Å². The molecule has 7 nitrogen and oxygen atoms in total. The van der Waals surface area contributed by atoms with Crippen LogP contribution in [0.3, 0.4) is 0 Å². The van der Waals surface area contributed by atoms with Crippen molar-refractivity contribution in [3.05, 3.63) is 28.7 Å². The van der Waals surface area contributed by atoms with Gasteiger partial charge in [-0.15, -0.1) is 9.24 Å². The predicted octanol–water partition coefficient (Wildman–Crippen LogP) is 4.98. The van der Waals surface area contributed by atoms with Crippen LogP contribution in [0.1, 0.15) is 48.0 Å². The van der Waals surface area contributed by atoms with Crippen molar-refractivity contribution in [2.45, 2.75) is 75.8 Å². The molecule has 1 heterocycles. The van der Waals surface area contributed by atoms with E-state index in [4.69, 9.17) is 18.5 Å². The summed E-state index contributed by atoms with van der Waals surface area (Å²) in [6, 6.07) is 6.20. The molecule has 1 N–H and O–H groups in total. The van der Waals surface area contributed by atoms with E-state index in [-0.39, 0.29) is 16.7 Å². The summed E-state index contributed by atoms with van der Waals surface area (Å²) < 4.78 is 50.7. The first kappa shape index (κ1) is 26.6. The van der Waals surface area contributed by atoms with E-state index in [1.807, 2.05) is 20.8 Å². The maximum atomic E-state index is 13.6. The molecule has 0 aliphatic carbocycles. The summed E-state index contributed by atoms with van der Waals surface area (Å²) in [5, 5.41) is -2.08. The third kappa shape index (κ3) is 6.21. The van der Waals surface area contributed by atoms with Crippen LogP contribution in [0, 0.1) is 5.41 Å². The first-order chi connectivity index (χ1) is 13.6. The van der Waals surface area contributed by atoms with Gasteiger partial charge >= 0.3 is 13.7 Å². The number of halogens is 1. The molecule has 0 radical (unpaired) electrons.